The Hall–Kier alpha value is -1.27. The third kappa shape index (κ3) is 4.68. The fourth-order valence-electron chi connectivity index (χ4n) is 1.80. The molecule has 1 aromatic heterocycles. The smallest absolute Gasteiger partial charge is 0.255 e. The Kier molecular flexibility index (Phi) is 5.83. The van der Waals surface area contributed by atoms with Gasteiger partial charge in [0.05, 0.1) is 19.8 Å². The van der Waals surface area contributed by atoms with Crippen molar-refractivity contribution in [1.82, 2.24) is 4.98 Å². The molecule has 0 aliphatic carbocycles. The number of aromatic nitrogens is 1. The van der Waals surface area contributed by atoms with Gasteiger partial charge >= 0.3 is 0 Å². The maximum Gasteiger partial charge on any atom is 0.255 e. The highest BCUT2D eigenvalue weighted by Crippen LogP contribution is 2.25. The second-order valence-electron chi connectivity index (χ2n) is 5.69. The van der Waals surface area contributed by atoms with Gasteiger partial charge in [0, 0.05) is 17.7 Å². The zero-order valence-electron chi connectivity index (χ0n) is 12.1. The molecule has 2 N–H and O–H groups in total. The molecule has 0 amide bonds. The van der Waals surface area contributed by atoms with Gasteiger partial charge in [0.1, 0.15) is 5.82 Å². The summed E-state index contributed by atoms with van der Waals surface area (Å²) >= 11 is 0. The molecule has 0 fully saturated rings. The first kappa shape index (κ1) is 16.8. The molecular formula is C14H22F2N2O2. The zero-order valence-corrected chi connectivity index (χ0v) is 12.1. The van der Waals surface area contributed by atoms with E-state index < -0.39 is 13.0 Å². The lowest BCUT2D eigenvalue weighted by atomic mass is 9.91. The van der Waals surface area contributed by atoms with Gasteiger partial charge in [-0.05, 0) is 17.7 Å². The average Bonchev–Trinajstić information content (AvgIpc) is 2.36. The van der Waals surface area contributed by atoms with Crippen LogP contribution in [0.15, 0.2) is 12.1 Å². The maximum atomic E-state index is 12.6. The van der Waals surface area contributed by atoms with Crippen LogP contribution >= 0.6 is 0 Å². The highest BCUT2D eigenvalue weighted by molar-refractivity contribution is 5.44. The first-order valence-electron chi connectivity index (χ1n) is 6.54. The minimum Gasteiger partial charge on any atom is -0.395 e. The van der Waals surface area contributed by atoms with Crippen LogP contribution in [0, 0.1) is 0 Å². The van der Waals surface area contributed by atoms with E-state index >= 15 is 0 Å². The number of nitrogens with zero attached hydrogens (tertiary/aromatic N) is 2. The largest absolute Gasteiger partial charge is 0.395 e. The van der Waals surface area contributed by atoms with Crippen molar-refractivity contribution in [2.45, 2.75) is 39.2 Å². The van der Waals surface area contributed by atoms with E-state index in [0.29, 0.717) is 11.4 Å². The van der Waals surface area contributed by atoms with Gasteiger partial charge in [0.25, 0.3) is 6.43 Å². The quantitative estimate of drug-likeness (QED) is 0.840. The van der Waals surface area contributed by atoms with Crippen molar-refractivity contribution in [1.29, 1.82) is 0 Å². The third-order valence-electron chi connectivity index (χ3n) is 2.87. The first-order valence-corrected chi connectivity index (χ1v) is 6.54. The van der Waals surface area contributed by atoms with Crippen LogP contribution in [0.3, 0.4) is 0 Å². The lowest BCUT2D eigenvalue weighted by molar-refractivity contribution is 0.152. The number of pyridine rings is 1. The van der Waals surface area contributed by atoms with E-state index in [9.17, 15) is 13.9 Å². The molecule has 0 bridgehead atoms. The molecule has 0 saturated heterocycles. The van der Waals surface area contributed by atoms with Crippen molar-refractivity contribution >= 4 is 5.82 Å². The van der Waals surface area contributed by atoms with E-state index in [1.807, 2.05) is 20.8 Å². The number of hydrogen-bond donors (Lipinski definition) is 2. The molecule has 114 valence electrons. The lowest BCUT2D eigenvalue weighted by Crippen LogP contribution is -2.33. The number of alkyl halides is 2. The van der Waals surface area contributed by atoms with Crippen LogP contribution in [0.1, 0.15) is 32.0 Å². The summed E-state index contributed by atoms with van der Waals surface area (Å²) in [5.74, 6) is 0.357. The molecular weight excluding hydrogens is 266 g/mol. The van der Waals surface area contributed by atoms with Crippen molar-refractivity contribution in [2.75, 3.05) is 24.6 Å². The summed E-state index contributed by atoms with van der Waals surface area (Å²) in [5.41, 5.74) is 1.09. The molecule has 1 rings (SSSR count). The van der Waals surface area contributed by atoms with Crippen LogP contribution in [-0.2, 0) is 12.0 Å². The molecule has 0 aromatic carbocycles. The third-order valence-corrected chi connectivity index (χ3v) is 2.87. The predicted octanol–water partition coefficient (Wildman–Crippen LogP) is 1.94. The Morgan fingerprint density at radius 2 is 1.90 bits per heavy atom. The molecule has 1 heterocycles. The van der Waals surface area contributed by atoms with Gasteiger partial charge in [-0.3, -0.25) is 0 Å². The van der Waals surface area contributed by atoms with Crippen LogP contribution in [-0.4, -0.2) is 41.3 Å². The fourth-order valence-corrected chi connectivity index (χ4v) is 1.80. The van der Waals surface area contributed by atoms with E-state index in [0.717, 1.165) is 5.69 Å². The summed E-state index contributed by atoms with van der Waals surface area (Å²) in [6, 6.07) is 3.34. The topological polar surface area (TPSA) is 56.6 Å². The number of halogens is 2. The molecule has 0 spiro atoms. The number of anilines is 1. The number of aliphatic hydroxyl groups is 2. The molecule has 0 saturated carbocycles. The van der Waals surface area contributed by atoms with Crippen molar-refractivity contribution in [3.8, 4) is 0 Å². The monoisotopic (exact) mass is 288 g/mol. The van der Waals surface area contributed by atoms with Crippen LogP contribution < -0.4 is 4.90 Å². The van der Waals surface area contributed by atoms with Gasteiger partial charge in [-0.25, -0.2) is 13.8 Å². The molecule has 0 radical (unpaired) electrons. The van der Waals surface area contributed by atoms with E-state index in [1.165, 1.54) is 4.90 Å². The standard InChI is InChI=1S/C14H22F2N2O2/c1-14(2,3)11-6-10(9-20)7-13(17-11)18(4-5-19)8-12(15)16/h6-7,12,19-20H,4-5,8-9H2,1-3H3. The minimum atomic E-state index is -2.51. The van der Waals surface area contributed by atoms with E-state index in [-0.39, 0.29) is 25.2 Å². The van der Waals surface area contributed by atoms with Gasteiger partial charge in [-0.15, -0.1) is 0 Å². The first-order chi connectivity index (χ1) is 9.27. The number of hydrogen-bond acceptors (Lipinski definition) is 4. The van der Waals surface area contributed by atoms with E-state index in [2.05, 4.69) is 4.98 Å². The normalized spacial score (nSPS) is 12.0. The zero-order chi connectivity index (χ0) is 15.3. The summed E-state index contributed by atoms with van der Waals surface area (Å²) in [6.45, 7) is 5.06. The van der Waals surface area contributed by atoms with Crippen molar-refractivity contribution in [3.05, 3.63) is 23.4 Å². The van der Waals surface area contributed by atoms with Crippen molar-refractivity contribution < 1.29 is 19.0 Å². The summed E-state index contributed by atoms with van der Waals surface area (Å²) in [6.07, 6.45) is -2.51. The van der Waals surface area contributed by atoms with Crippen LogP contribution in [0.5, 0.6) is 0 Å². The van der Waals surface area contributed by atoms with Gasteiger partial charge in [0.2, 0.25) is 0 Å². The summed E-state index contributed by atoms with van der Waals surface area (Å²) < 4.78 is 25.2. The highest BCUT2D eigenvalue weighted by Gasteiger charge is 2.20. The molecule has 0 aliphatic rings. The van der Waals surface area contributed by atoms with Crippen molar-refractivity contribution in [2.24, 2.45) is 0 Å². The van der Waals surface area contributed by atoms with E-state index in [4.69, 9.17) is 5.11 Å². The minimum absolute atomic E-state index is 0.0792. The lowest BCUT2D eigenvalue weighted by Gasteiger charge is -2.26. The molecule has 20 heavy (non-hydrogen) atoms. The molecule has 0 aliphatic heterocycles. The van der Waals surface area contributed by atoms with Gasteiger partial charge < -0.3 is 15.1 Å². The molecule has 0 unspecified atom stereocenters. The van der Waals surface area contributed by atoms with E-state index in [1.54, 1.807) is 12.1 Å². The highest BCUT2D eigenvalue weighted by atomic mass is 19.3. The SMILES string of the molecule is CC(C)(C)c1cc(CO)cc(N(CCO)CC(F)F)n1. The molecule has 1 aromatic rings. The van der Waals surface area contributed by atoms with Crippen LogP contribution in [0.2, 0.25) is 0 Å². The fraction of sp³-hybridized carbons (Fsp3) is 0.643. The van der Waals surface area contributed by atoms with Crippen LogP contribution in [0.25, 0.3) is 0 Å². The molecule has 0 atom stereocenters. The average molecular weight is 288 g/mol. The van der Waals surface area contributed by atoms with Gasteiger partial charge in [-0.1, -0.05) is 20.8 Å². The maximum absolute atomic E-state index is 12.6. The van der Waals surface area contributed by atoms with Crippen molar-refractivity contribution in [3.63, 3.8) is 0 Å². The Morgan fingerprint density at radius 1 is 1.25 bits per heavy atom. The van der Waals surface area contributed by atoms with Gasteiger partial charge in [0.15, 0.2) is 0 Å². The Balaban J connectivity index is 3.19. The number of aliphatic hydroxyl groups excluding tert-OH is 2. The predicted molar refractivity (Wildman–Crippen MR) is 74.2 cm³/mol. The summed E-state index contributed by atoms with van der Waals surface area (Å²) in [5, 5.41) is 18.3. The summed E-state index contributed by atoms with van der Waals surface area (Å²) in [7, 11) is 0. The second kappa shape index (κ2) is 6.95. The number of rotatable bonds is 6. The molecule has 4 nitrogen and oxygen atoms in total. The Morgan fingerprint density at radius 3 is 2.35 bits per heavy atom. The van der Waals surface area contributed by atoms with Crippen LogP contribution in [0.4, 0.5) is 14.6 Å². The second-order valence-corrected chi connectivity index (χ2v) is 5.69. The Labute approximate surface area is 118 Å². The van der Waals surface area contributed by atoms with Gasteiger partial charge in [-0.2, -0.15) is 0 Å². The Bertz CT molecular complexity index is 434. The molecule has 6 heteroatoms. The summed E-state index contributed by atoms with van der Waals surface area (Å²) in [4.78, 5) is 5.73.